The molecular formula is C21H19N3O2S. The number of hydrogen-bond acceptors (Lipinski definition) is 4. The van der Waals surface area contributed by atoms with Crippen molar-refractivity contribution in [2.45, 2.75) is 13.0 Å². The number of amides is 2. The number of carbonyl (C=O) groups excluding carboxylic acids is 2. The molecule has 1 fully saturated rings. The van der Waals surface area contributed by atoms with Gasteiger partial charge in [-0.1, -0.05) is 48.5 Å². The topological polar surface area (TPSA) is 53.5 Å². The number of benzene rings is 2. The highest BCUT2D eigenvalue weighted by atomic mass is 32.1. The molecule has 6 heteroatoms. The van der Waals surface area contributed by atoms with Gasteiger partial charge in [-0.15, -0.1) is 11.3 Å². The number of piperazine rings is 1. The van der Waals surface area contributed by atoms with Crippen molar-refractivity contribution in [3.63, 3.8) is 0 Å². The van der Waals surface area contributed by atoms with Crippen LogP contribution in [0.1, 0.15) is 17.4 Å². The molecule has 1 aromatic heterocycles. The normalized spacial score (nSPS) is 17.2. The van der Waals surface area contributed by atoms with Crippen molar-refractivity contribution in [1.82, 2.24) is 9.88 Å². The van der Waals surface area contributed by atoms with Crippen LogP contribution in [0.4, 0.5) is 5.69 Å². The number of para-hydroxylation sites is 1. The molecule has 0 spiro atoms. The van der Waals surface area contributed by atoms with Crippen LogP contribution in [0.3, 0.4) is 0 Å². The van der Waals surface area contributed by atoms with Gasteiger partial charge in [0.05, 0.1) is 11.2 Å². The molecule has 3 aromatic rings. The minimum Gasteiger partial charge on any atom is -0.323 e. The first-order chi connectivity index (χ1) is 13.1. The van der Waals surface area contributed by atoms with E-state index in [-0.39, 0.29) is 24.4 Å². The Balaban J connectivity index is 1.62. The zero-order valence-corrected chi connectivity index (χ0v) is 15.7. The maximum atomic E-state index is 12.9. The number of nitrogens with zero attached hydrogens (tertiary/aromatic N) is 3. The molecule has 5 nitrogen and oxygen atoms in total. The fourth-order valence-corrected chi connectivity index (χ4v) is 3.92. The minimum absolute atomic E-state index is 0.0562. The summed E-state index contributed by atoms with van der Waals surface area (Å²) in [6, 6.07) is 17.8. The Kier molecular flexibility index (Phi) is 4.73. The van der Waals surface area contributed by atoms with E-state index in [1.165, 1.54) is 11.3 Å². The summed E-state index contributed by atoms with van der Waals surface area (Å²) in [5.41, 5.74) is 4.98. The van der Waals surface area contributed by atoms with Gasteiger partial charge < -0.3 is 9.80 Å². The number of hydrogen-bond donors (Lipinski definition) is 0. The summed E-state index contributed by atoms with van der Waals surface area (Å²) in [5, 5.41) is 1.72. The standard InChI is InChI=1S/C21H19N3O2S/c1-15-11-24(20(25)12-23(15)21(26)18-13-27-14-22-18)19-10-6-5-9-17(19)16-7-3-2-4-8-16/h2-10,13-15H,11-12H2,1H3/t15-/m1/s1. The maximum Gasteiger partial charge on any atom is 0.274 e. The van der Waals surface area contributed by atoms with Crippen LogP contribution in [-0.4, -0.2) is 40.8 Å². The molecule has 0 N–H and O–H groups in total. The molecule has 0 unspecified atom stereocenters. The summed E-state index contributed by atoms with van der Waals surface area (Å²) < 4.78 is 0. The van der Waals surface area contributed by atoms with Crippen LogP contribution < -0.4 is 4.90 Å². The molecule has 0 aliphatic carbocycles. The Morgan fingerprint density at radius 3 is 2.59 bits per heavy atom. The van der Waals surface area contributed by atoms with Gasteiger partial charge in [0.2, 0.25) is 5.91 Å². The molecule has 2 heterocycles. The molecule has 2 amide bonds. The van der Waals surface area contributed by atoms with Gasteiger partial charge in [0.25, 0.3) is 5.91 Å². The summed E-state index contributed by atoms with van der Waals surface area (Å²) in [4.78, 5) is 33.1. The third-order valence-corrected chi connectivity index (χ3v) is 5.36. The van der Waals surface area contributed by atoms with Gasteiger partial charge in [0.15, 0.2) is 0 Å². The van der Waals surface area contributed by atoms with Crippen LogP contribution in [0.15, 0.2) is 65.5 Å². The molecular weight excluding hydrogens is 358 g/mol. The molecule has 1 atom stereocenters. The zero-order valence-electron chi connectivity index (χ0n) is 14.9. The fourth-order valence-electron chi connectivity index (χ4n) is 3.39. The van der Waals surface area contributed by atoms with E-state index >= 15 is 0 Å². The van der Waals surface area contributed by atoms with Gasteiger partial charge in [-0.2, -0.15) is 0 Å². The Morgan fingerprint density at radius 1 is 1.11 bits per heavy atom. The number of anilines is 1. The fraction of sp³-hybridized carbons (Fsp3) is 0.190. The van der Waals surface area contributed by atoms with E-state index in [9.17, 15) is 9.59 Å². The van der Waals surface area contributed by atoms with Crippen molar-refractivity contribution in [3.05, 3.63) is 71.2 Å². The Labute approximate surface area is 161 Å². The third-order valence-electron chi connectivity index (χ3n) is 4.78. The monoisotopic (exact) mass is 377 g/mol. The molecule has 136 valence electrons. The van der Waals surface area contributed by atoms with Gasteiger partial charge in [-0.25, -0.2) is 4.98 Å². The lowest BCUT2D eigenvalue weighted by Crippen LogP contribution is -2.57. The van der Waals surface area contributed by atoms with E-state index in [1.807, 2.05) is 61.5 Å². The van der Waals surface area contributed by atoms with Gasteiger partial charge in [0.1, 0.15) is 12.2 Å². The second-order valence-electron chi connectivity index (χ2n) is 6.54. The largest absolute Gasteiger partial charge is 0.323 e. The highest BCUT2D eigenvalue weighted by Gasteiger charge is 2.35. The first-order valence-corrected chi connectivity index (χ1v) is 9.73. The molecule has 2 aromatic carbocycles. The lowest BCUT2D eigenvalue weighted by molar-refractivity contribution is -0.121. The van der Waals surface area contributed by atoms with Crippen LogP contribution in [0, 0.1) is 0 Å². The molecule has 1 aliphatic rings. The smallest absolute Gasteiger partial charge is 0.274 e. The first kappa shape index (κ1) is 17.4. The summed E-state index contributed by atoms with van der Waals surface area (Å²) in [7, 11) is 0. The second-order valence-corrected chi connectivity index (χ2v) is 7.26. The molecule has 0 saturated carbocycles. The van der Waals surface area contributed by atoms with Crippen molar-refractivity contribution in [3.8, 4) is 11.1 Å². The predicted molar refractivity (Wildman–Crippen MR) is 107 cm³/mol. The van der Waals surface area contributed by atoms with E-state index in [4.69, 9.17) is 0 Å². The molecule has 0 bridgehead atoms. The van der Waals surface area contributed by atoms with Crippen molar-refractivity contribution in [2.24, 2.45) is 0 Å². The van der Waals surface area contributed by atoms with Gasteiger partial charge in [0, 0.05) is 23.5 Å². The van der Waals surface area contributed by atoms with Crippen LogP contribution in [0.2, 0.25) is 0 Å². The van der Waals surface area contributed by atoms with Gasteiger partial charge >= 0.3 is 0 Å². The van der Waals surface area contributed by atoms with Crippen LogP contribution in [0.25, 0.3) is 11.1 Å². The number of aromatic nitrogens is 1. The molecule has 27 heavy (non-hydrogen) atoms. The predicted octanol–water partition coefficient (Wildman–Crippen LogP) is 3.69. The van der Waals surface area contributed by atoms with Crippen LogP contribution in [-0.2, 0) is 4.79 Å². The van der Waals surface area contributed by atoms with Gasteiger partial charge in [-0.3, -0.25) is 9.59 Å². The highest BCUT2D eigenvalue weighted by Crippen LogP contribution is 2.32. The van der Waals surface area contributed by atoms with E-state index in [1.54, 1.807) is 20.7 Å². The van der Waals surface area contributed by atoms with E-state index in [0.29, 0.717) is 12.2 Å². The molecule has 1 aliphatic heterocycles. The SMILES string of the molecule is C[C@@H]1CN(c2ccccc2-c2ccccc2)C(=O)CN1C(=O)c1cscn1. The first-order valence-electron chi connectivity index (χ1n) is 8.79. The van der Waals surface area contributed by atoms with E-state index < -0.39 is 0 Å². The Morgan fingerprint density at radius 2 is 1.85 bits per heavy atom. The lowest BCUT2D eigenvalue weighted by Gasteiger charge is -2.39. The van der Waals surface area contributed by atoms with Crippen molar-refractivity contribution >= 4 is 28.8 Å². The summed E-state index contributed by atoms with van der Waals surface area (Å²) in [6.07, 6.45) is 0. The second kappa shape index (κ2) is 7.32. The molecule has 0 radical (unpaired) electrons. The van der Waals surface area contributed by atoms with Crippen LogP contribution in [0.5, 0.6) is 0 Å². The minimum atomic E-state index is -0.187. The molecule has 4 rings (SSSR count). The highest BCUT2D eigenvalue weighted by molar-refractivity contribution is 7.07. The van der Waals surface area contributed by atoms with E-state index in [2.05, 4.69) is 4.98 Å². The van der Waals surface area contributed by atoms with Crippen LogP contribution >= 0.6 is 11.3 Å². The van der Waals surface area contributed by atoms with Crippen molar-refractivity contribution in [1.29, 1.82) is 0 Å². The number of carbonyl (C=O) groups is 2. The zero-order chi connectivity index (χ0) is 18.8. The molecule has 1 saturated heterocycles. The maximum absolute atomic E-state index is 12.9. The van der Waals surface area contributed by atoms with Crippen molar-refractivity contribution < 1.29 is 9.59 Å². The Hall–Kier alpha value is -2.99. The summed E-state index contributed by atoms with van der Waals surface area (Å²) in [6.45, 7) is 2.48. The average molecular weight is 377 g/mol. The lowest BCUT2D eigenvalue weighted by atomic mass is 10.0. The quantitative estimate of drug-likeness (QED) is 0.700. The van der Waals surface area contributed by atoms with Gasteiger partial charge in [-0.05, 0) is 18.6 Å². The summed E-state index contributed by atoms with van der Waals surface area (Å²) >= 11 is 1.38. The number of thiazole rings is 1. The van der Waals surface area contributed by atoms with Crippen molar-refractivity contribution in [2.75, 3.05) is 18.0 Å². The Bertz CT molecular complexity index is 957. The van der Waals surface area contributed by atoms with E-state index in [0.717, 1.165) is 16.8 Å². The average Bonchev–Trinajstić information content (AvgIpc) is 3.24. The number of rotatable bonds is 3. The summed E-state index contributed by atoms with van der Waals surface area (Å²) in [5.74, 6) is -0.270. The third kappa shape index (κ3) is 3.36.